The molecule has 1 atom stereocenters. The topological polar surface area (TPSA) is 49.3 Å². The molecule has 24 heavy (non-hydrogen) atoms. The number of hydrogen-bond acceptors (Lipinski definition) is 5. The molecule has 0 spiro atoms. The number of benzene rings is 1. The molecule has 1 amide bonds. The second-order valence-corrected chi connectivity index (χ2v) is 7.46. The van der Waals surface area contributed by atoms with Crippen LogP contribution in [0.5, 0.6) is 0 Å². The molecule has 0 saturated carbocycles. The minimum absolute atomic E-state index is 0.0288. The number of piperazine rings is 1. The van der Waals surface area contributed by atoms with Crippen molar-refractivity contribution in [2.45, 2.75) is 39.3 Å². The van der Waals surface area contributed by atoms with Gasteiger partial charge in [-0.15, -0.1) is 10.2 Å². The van der Waals surface area contributed by atoms with E-state index in [-0.39, 0.29) is 5.91 Å². The van der Waals surface area contributed by atoms with Crippen LogP contribution in [0.1, 0.15) is 40.1 Å². The third-order valence-electron chi connectivity index (χ3n) is 4.45. The van der Waals surface area contributed by atoms with Crippen LogP contribution in [0.3, 0.4) is 0 Å². The Hall–Kier alpha value is -1.79. The highest BCUT2D eigenvalue weighted by Gasteiger charge is 2.30. The number of carbonyl (C=O) groups is 1. The van der Waals surface area contributed by atoms with E-state index in [0.717, 1.165) is 44.0 Å². The summed E-state index contributed by atoms with van der Waals surface area (Å²) in [6.07, 6.45) is 2.22. The summed E-state index contributed by atoms with van der Waals surface area (Å²) in [5.74, 6) is 0.0288. The fourth-order valence-corrected chi connectivity index (χ4v) is 3.89. The summed E-state index contributed by atoms with van der Waals surface area (Å²) in [5, 5.41) is 9.33. The third kappa shape index (κ3) is 3.99. The lowest BCUT2D eigenvalue weighted by Gasteiger charge is -2.41. The van der Waals surface area contributed by atoms with Crippen LogP contribution in [0.25, 0.3) is 0 Å². The van der Waals surface area contributed by atoms with Crippen molar-refractivity contribution in [1.82, 2.24) is 20.0 Å². The predicted molar refractivity (Wildman–Crippen MR) is 96.1 cm³/mol. The third-order valence-corrected chi connectivity index (χ3v) is 5.28. The Kier molecular flexibility index (Phi) is 5.58. The van der Waals surface area contributed by atoms with E-state index >= 15 is 0 Å². The zero-order valence-corrected chi connectivity index (χ0v) is 15.1. The first-order chi connectivity index (χ1) is 11.7. The van der Waals surface area contributed by atoms with Crippen molar-refractivity contribution < 1.29 is 4.79 Å². The first kappa shape index (κ1) is 17.0. The van der Waals surface area contributed by atoms with E-state index in [1.807, 2.05) is 17.9 Å². The standard InChI is InChI=1S/C18H24N4OS/c1-3-7-16-13-22(18(23)17-20-19-14(2)24-17)11-10-21(16)12-15-8-5-4-6-9-15/h4-6,8-9,16H,3,7,10-13H2,1-2H3/t16-/m1/s1. The lowest BCUT2D eigenvalue weighted by molar-refractivity contribution is 0.0437. The molecule has 0 bridgehead atoms. The molecular formula is C18H24N4OS. The number of aromatic nitrogens is 2. The molecule has 0 N–H and O–H groups in total. The summed E-state index contributed by atoms with van der Waals surface area (Å²) in [6, 6.07) is 11.0. The highest BCUT2D eigenvalue weighted by atomic mass is 32.1. The van der Waals surface area contributed by atoms with Gasteiger partial charge >= 0.3 is 0 Å². The van der Waals surface area contributed by atoms with Gasteiger partial charge in [0.2, 0.25) is 5.01 Å². The zero-order valence-electron chi connectivity index (χ0n) is 14.3. The van der Waals surface area contributed by atoms with Crippen molar-refractivity contribution in [2.24, 2.45) is 0 Å². The van der Waals surface area contributed by atoms with Crippen molar-refractivity contribution in [3.63, 3.8) is 0 Å². The van der Waals surface area contributed by atoms with Crippen LogP contribution >= 0.6 is 11.3 Å². The van der Waals surface area contributed by atoms with Gasteiger partial charge in [0.15, 0.2) is 0 Å². The molecule has 5 nitrogen and oxygen atoms in total. The summed E-state index contributed by atoms with van der Waals surface area (Å²) >= 11 is 1.38. The molecule has 0 radical (unpaired) electrons. The molecule has 1 saturated heterocycles. The molecule has 1 aromatic heterocycles. The van der Waals surface area contributed by atoms with Crippen molar-refractivity contribution in [3.8, 4) is 0 Å². The van der Waals surface area contributed by atoms with Gasteiger partial charge in [-0.25, -0.2) is 0 Å². The van der Waals surface area contributed by atoms with Gasteiger partial charge in [0.05, 0.1) is 0 Å². The Labute approximate surface area is 147 Å². The van der Waals surface area contributed by atoms with E-state index in [1.54, 1.807) is 0 Å². The van der Waals surface area contributed by atoms with Crippen LogP contribution in [-0.4, -0.2) is 51.6 Å². The van der Waals surface area contributed by atoms with Gasteiger partial charge in [-0.05, 0) is 18.9 Å². The molecule has 3 rings (SSSR count). The molecule has 0 unspecified atom stereocenters. The lowest BCUT2D eigenvalue weighted by Crippen LogP contribution is -2.54. The summed E-state index contributed by atoms with van der Waals surface area (Å²) < 4.78 is 0. The smallest absolute Gasteiger partial charge is 0.284 e. The number of nitrogens with zero attached hydrogens (tertiary/aromatic N) is 4. The molecule has 128 valence electrons. The highest BCUT2D eigenvalue weighted by molar-refractivity contribution is 7.13. The van der Waals surface area contributed by atoms with Crippen molar-refractivity contribution in [3.05, 3.63) is 45.9 Å². The van der Waals surface area contributed by atoms with Crippen molar-refractivity contribution >= 4 is 17.2 Å². The Morgan fingerprint density at radius 2 is 2.04 bits per heavy atom. The first-order valence-corrected chi connectivity index (χ1v) is 9.36. The number of hydrogen-bond donors (Lipinski definition) is 0. The van der Waals surface area contributed by atoms with Crippen LogP contribution in [-0.2, 0) is 6.54 Å². The van der Waals surface area contributed by atoms with Gasteiger partial charge in [-0.2, -0.15) is 0 Å². The SMILES string of the molecule is CCC[C@@H]1CN(C(=O)c2nnc(C)s2)CCN1Cc1ccccc1. The number of amides is 1. The highest BCUT2D eigenvalue weighted by Crippen LogP contribution is 2.20. The van der Waals surface area contributed by atoms with Crippen LogP contribution in [0.15, 0.2) is 30.3 Å². The number of carbonyl (C=O) groups excluding carboxylic acids is 1. The molecule has 6 heteroatoms. The van der Waals surface area contributed by atoms with Gasteiger partial charge < -0.3 is 4.90 Å². The number of rotatable bonds is 5. The summed E-state index contributed by atoms with van der Waals surface area (Å²) in [4.78, 5) is 17.1. The van der Waals surface area contributed by atoms with Crippen LogP contribution in [0, 0.1) is 6.92 Å². The lowest BCUT2D eigenvalue weighted by atomic mass is 10.0. The van der Waals surface area contributed by atoms with Crippen LogP contribution in [0.2, 0.25) is 0 Å². The van der Waals surface area contributed by atoms with E-state index in [9.17, 15) is 4.79 Å². The second kappa shape index (κ2) is 7.85. The van der Waals surface area contributed by atoms with Crippen LogP contribution in [0.4, 0.5) is 0 Å². The molecule has 0 aliphatic carbocycles. The fourth-order valence-electron chi connectivity index (χ4n) is 3.23. The minimum atomic E-state index is 0.0288. The van der Waals surface area contributed by atoms with E-state index in [0.29, 0.717) is 11.0 Å². The Balaban J connectivity index is 1.67. The summed E-state index contributed by atoms with van der Waals surface area (Å²) in [5.41, 5.74) is 1.33. The maximum atomic E-state index is 12.6. The van der Waals surface area contributed by atoms with E-state index in [2.05, 4.69) is 46.3 Å². The average molecular weight is 344 g/mol. The minimum Gasteiger partial charge on any atom is -0.334 e. The van der Waals surface area contributed by atoms with Crippen LogP contribution < -0.4 is 0 Å². The number of aryl methyl sites for hydroxylation is 1. The summed E-state index contributed by atoms with van der Waals surface area (Å²) in [6.45, 7) is 7.47. The predicted octanol–water partition coefficient (Wildman–Crippen LogP) is 2.97. The average Bonchev–Trinajstić information content (AvgIpc) is 3.03. The van der Waals surface area contributed by atoms with E-state index in [4.69, 9.17) is 0 Å². The second-order valence-electron chi connectivity index (χ2n) is 6.28. The Morgan fingerprint density at radius 3 is 2.71 bits per heavy atom. The summed E-state index contributed by atoms with van der Waals surface area (Å²) in [7, 11) is 0. The maximum absolute atomic E-state index is 12.6. The molecule has 2 heterocycles. The van der Waals surface area contributed by atoms with E-state index in [1.165, 1.54) is 16.9 Å². The molecule has 1 aromatic carbocycles. The molecule has 1 aliphatic rings. The Bertz CT molecular complexity index is 673. The van der Waals surface area contributed by atoms with Crippen molar-refractivity contribution in [2.75, 3.05) is 19.6 Å². The zero-order chi connectivity index (χ0) is 16.9. The first-order valence-electron chi connectivity index (χ1n) is 8.54. The molecule has 1 fully saturated rings. The normalized spacial score (nSPS) is 18.8. The molecular weight excluding hydrogens is 320 g/mol. The Morgan fingerprint density at radius 1 is 1.25 bits per heavy atom. The van der Waals surface area contributed by atoms with Gasteiger partial charge in [-0.1, -0.05) is 55.0 Å². The molecule has 1 aliphatic heterocycles. The monoisotopic (exact) mass is 344 g/mol. The van der Waals surface area contributed by atoms with Gasteiger partial charge in [0.1, 0.15) is 5.01 Å². The largest absolute Gasteiger partial charge is 0.334 e. The van der Waals surface area contributed by atoms with Crippen molar-refractivity contribution in [1.29, 1.82) is 0 Å². The molecule has 2 aromatic rings. The van der Waals surface area contributed by atoms with Gasteiger partial charge in [0, 0.05) is 32.2 Å². The fraction of sp³-hybridized carbons (Fsp3) is 0.500. The van der Waals surface area contributed by atoms with Gasteiger partial charge in [-0.3, -0.25) is 9.69 Å². The quantitative estimate of drug-likeness (QED) is 0.837. The van der Waals surface area contributed by atoms with Gasteiger partial charge in [0.25, 0.3) is 5.91 Å². The maximum Gasteiger partial charge on any atom is 0.284 e. The van der Waals surface area contributed by atoms with E-state index < -0.39 is 0 Å².